The summed E-state index contributed by atoms with van der Waals surface area (Å²) in [5.74, 6) is 1.19. The van der Waals surface area contributed by atoms with Gasteiger partial charge < -0.3 is 10.6 Å². The summed E-state index contributed by atoms with van der Waals surface area (Å²) in [4.78, 5) is 16.4. The van der Waals surface area contributed by atoms with Gasteiger partial charge in [0, 0.05) is 6.20 Å². The van der Waals surface area contributed by atoms with Gasteiger partial charge in [-0.05, 0) is 24.8 Å². The minimum Gasteiger partial charge on any atom is -0.356 e. The maximum Gasteiger partial charge on any atom is 0.247 e. The Morgan fingerprint density at radius 3 is 2.83 bits per heavy atom. The van der Waals surface area contributed by atoms with Gasteiger partial charge in [-0.2, -0.15) is 0 Å². The molecule has 2 N–H and O–H groups in total. The summed E-state index contributed by atoms with van der Waals surface area (Å²) in [7, 11) is 0. The van der Waals surface area contributed by atoms with Crippen molar-refractivity contribution < 1.29 is 4.79 Å². The molecule has 96 valence electrons. The summed E-state index contributed by atoms with van der Waals surface area (Å²) in [6.07, 6.45) is 7.56. The first-order chi connectivity index (χ1) is 8.74. The fourth-order valence-corrected chi connectivity index (χ4v) is 3.03. The van der Waals surface area contributed by atoms with Crippen molar-refractivity contribution in [1.29, 1.82) is 0 Å². The summed E-state index contributed by atoms with van der Waals surface area (Å²) in [5.41, 5.74) is 0.680. The largest absolute Gasteiger partial charge is 0.356 e. The van der Waals surface area contributed by atoms with E-state index < -0.39 is 0 Å². The Bertz CT molecular complexity index is 471. The van der Waals surface area contributed by atoms with Gasteiger partial charge in [0.05, 0.1) is 10.7 Å². The third-order valence-corrected chi connectivity index (χ3v) is 4.01. The minimum absolute atomic E-state index is 0.0402. The maximum atomic E-state index is 12.1. The zero-order chi connectivity index (χ0) is 12.5. The van der Waals surface area contributed by atoms with Crippen LogP contribution in [0.5, 0.6) is 0 Å². The van der Waals surface area contributed by atoms with Crippen LogP contribution in [0.4, 0.5) is 11.5 Å². The number of carbonyl (C=O) groups is 1. The quantitative estimate of drug-likeness (QED) is 0.821. The average Bonchev–Trinajstić information content (AvgIpc) is 2.39. The van der Waals surface area contributed by atoms with Crippen molar-refractivity contribution in [2.45, 2.75) is 38.1 Å². The third kappa shape index (κ3) is 2.17. The monoisotopic (exact) mass is 265 g/mol. The predicted octanol–water partition coefficient (Wildman–Crippen LogP) is 3.05. The van der Waals surface area contributed by atoms with E-state index in [4.69, 9.17) is 11.6 Å². The second-order valence-corrected chi connectivity index (χ2v) is 5.50. The number of aromatic nitrogens is 1. The molecule has 1 aromatic rings. The lowest BCUT2D eigenvalue weighted by atomic mass is 9.83. The minimum atomic E-state index is -0.147. The zero-order valence-corrected chi connectivity index (χ0v) is 10.8. The van der Waals surface area contributed by atoms with Crippen LogP contribution in [0.2, 0.25) is 5.02 Å². The van der Waals surface area contributed by atoms with E-state index in [2.05, 4.69) is 15.6 Å². The first-order valence-electron chi connectivity index (χ1n) is 6.47. The lowest BCUT2D eigenvalue weighted by Gasteiger charge is -2.33. The van der Waals surface area contributed by atoms with Crippen LogP contribution in [-0.2, 0) is 4.79 Å². The molecule has 1 aliphatic carbocycles. The van der Waals surface area contributed by atoms with Gasteiger partial charge in [0.25, 0.3) is 0 Å². The first kappa shape index (κ1) is 11.8. The average molecular weight is 266 g/mol. The fourth-order valence-electron chi connectivity index (χ4n) is 2.87. The molecular weight excluding hydrogens is 250 g/mol. The lowest BCUT2D eigenvalue weighted by molar-refractivity contribution is -0.118. The molecule has 1 fully saturated rings. The van der Waals surface area contributed by atoms with Gasteiger partial charge in [-0.15, -0.1) is 0 Å². The number of carbonyl (C=O) groups excluding carboxylic acids is 1. The highest BCUT2D eigenvalue weighted by atomic mass is 35.5. The Morgan fingerprint density at radius 2 is 2.06 bits per heavy atom. The number of nitrogens with one attached hydrogen (secondary N) is 2. The molecule has 3 rings (SSSR count). The van der Waals surface area contributed by atoms with E-state index in [-0.39, 0.29) is 11.9 Å². The number of rotatable bonds is 1. The first-order valence-corrected chi connectivity index (χ1v) is 6.85. The Labute approximate surface area is 111 Å². The lowest BCUT2D eigenvalue weighted by Crippen LogP contribution is -2.45. The fraction of sp³-hybridized carbons (Fsp3) is 0.538. The van der Waals surface area contributed by atoms with Gasteiger partial charge in [0.1, 0.15) is 6.04 Å². The molecule has 0 spiro atoms. The summed E-state index contributed by atoms with van der Waals surface area (Å²) in [5, 5.41) is 6.70. The van der Waals surface area contributed by atoms with E-state index in [1.165, 1.54) is 19.3 Å². The second kappa shape index (κ2) is 4.76. The molecular formula is C13H16ClN3O. The van der Waals surface area contributed by atoms with E-state index in [0.29, 0.717) is 16.6 Å². The van der Waals surface area contributed by atoms with Crippen LogP contribution in [0.15, 0.2) is 12.3 Å². The number of halogens is 1. The van der Waals surface area contributed by atoms with Crippen LogP contribution >= 0.6 is 11.6 Å². The van der Waals surface area contributed by atoms with Crippen LogP contribution in [0.3, 0.4) is 0 Å². The smallest absolute Gasteiger partial charge is 0.247 e. The zero-order valence-electron chi connectivity index (χ0n) is 10.1. The molecule has 0 bridgehead atoms. The molecule has 2 aliphatic rings. The molecule has 0 radical (unpaired) electrons. The Morgan fingerprint density at radius 1 is 1.28 bits per heavy atom. The molecule has 2 heterocycles. The van der Waals surface area contributed by atoms with Crippen LogP contribution in [-0.4, -0.2) is 16.9 Å². The summed E-state index contributed by atoms with van der Waals surface area (Å²) in [6.45, 7) is 0. The number of fused-ring (bicyclic) bond motifs is 1. The van der Waals surface area contributed by atoms with Crippen molar-refractivity contribution in [3.05, 3.63) is 17.3 Å². The van der Waals surface area contributed by atoms with E-state index in [0.717, 1.165) is 18.7 Å². The maximum absolute atomic E-state index is 12.1. The SMILES string of the molecule is O=C1Nc2cc(Cl)cnc2NC1C1CCCCC1. The molecule has 0 saturated heterocycles. The molecule has 0 aromatic carbocycles. The number of nitrogens with zero attached hydrogens (tertiary/aromatic N) is 1. The molecule has 1 atom stereocenters. The van der Waals surface area contributed by atoms with E-state index >= 15 is 0 Å². The van der Waals surface area contributed by atoms with E-state index in [1.54, 1.807) is 12.3 Å². The van der Waals surface area contributed by atoms with Gasteiger partial charge in [-0.3, -0.25) is 4.79 Å². The van der Waals surface area contributed by atoms with Gasteiger partial charge in [0.15, 0.2) is 5.82 Å². The van der Waals surface area contributed by atoms with Crippen molar-refractivity contribution in [3.63, 3.8) is 0 Å². The molecule has 4 nitrogen and oxygen atoms in total. The molecule has 1 unspecified atom stereocenters. The third-order valence-electron chi connectivity index (χ3n) is 3.81. The highest BCUT2D eigenvalue weighted by molar-refractivity contribution is 6.31. The molecule has 18 heavy (non-hydrogen) atoms. The van der Waals surface area contributed by atoms with Crippen molar-refractivity contribution in [3.8, 4) is 0 Å². The standard InChI is InChI=1S/C13H16ClN3O/c14-9-6-10-12(15-7-9)17-11(13(18)16-10)8-4-2-1-3-5-8/h6-8,11H,1-5H2,(H,15,17)(H,16,18). The molecule has 1 amide bonds. The summed E-state index contributed by atoms with van der Waals surface area (Å²) >= 11 is 5.87. The number of hydrogen-bond acceptors (Lipinski definition) is 3. The molecule has 1 saturated carbocycles. The van der Waals surface area contributed by atoms with Gasteiger partial charge in [-0.25, -0.2) is 4.98 Å². The second-order valence-electron chi connectivity index (χ2n) is 5.06. The summed E-state index contributed by atoms with van der Waals surface area (Å²) < 4.78 is 0. The van der Waals surface area contributed by atoms with Crippen molar-refractivity contribution >= 4 is 29.0 Å². The Hall–Kier alpha value is -1.29. The normalized spacial score (nSPS) is 24.1. The summed E-state index contributed by atoms with van der Waals surface area (Å²) in [6, 6.07) is 1.58. The molecule has 1 aliphatic heterocycles. The number of anilines is 2. The molecule has 1 aromatic heterocycles. The number of pyridine rings is 1. The van der Waals surface area contributed by atoms with E-state index in [9.17, 15) is 4.79 Å². The van der Waals surface area contributed by atoms with Crippen LogP contribution < -0.4 is 10.6 Å². The van der Waals surface area contributed by atoms with Crippen LogP contribution in [0.25, 0.3) is 0 Å². The van der Waals surface area contributed by atoms with Crippen LogP contribution in [0.1, 0.15) is 32.1 Å². The molecule has 5 heteroatoms. The predicted molar refractivity (Wildman–Crippen MR) is 71.9 cm³/mol. The van der Waals surface area contributed by atoms with Gasteiger partial charge in [-0.1, -0.05) is 30.9 Å². The number of hydrogen-bond donors (Lipinski definition) is 2. The van der Waals surface area contributed by atoms with Gasteiger partial charge in [0.2, 0.25) is 5.91 Å². The Balaban J connectivity index is 1.82. The van der Waals surface area contributed by atoms with Crippen molar-refractivity contribution in [2.75, 3.05) is 10.6 Å². The highest BCUT2D eigenvalue weighted by Crippen LogP contribution is 2.33. The van der Waals surface area contributed by atoms with Crippen LogP contribution in [0, 0.1) is 5.92 Å². The Kier molecular flexibility index (Phi) is 3.12. The van der Waals surface area contributed by atoms with E-state index in [1.807, 2.05) is 0 Å². The van der Waals surface area contributed by atoms with Crippen molar-refractivity contribution in [2.24, 2.45) is 5.92 Å². The topological polar surface area (TPSA) is 54.0 Å². The highest BCUT2D eigenvalue weighted by Gasteiger charge is 2.33. The van der Waals surface area contributed by atoms with Crippen molar-refractivity contribution in [1.82, 2.24) is 4.98 Å². The number of amides is 1. The van der Waals surface area contributed by atoms with Gasteiger partial charge >= 0.3 is 0 Å².